The number of hydrogen-bond donors (Lipinski definition) is 1. The monoisotopic (exact) mass is 245 g/mol. The van der Waals surface area contributed by atoms with Crippen LogP contribution in [0, 0.1) is 5.82 Å². The van der Waals surface area contributed by atoms with Gasteiger partial charge in [0.05, 0.1) is 6.61 Å². The fourth-order valence-corrected chi connectivity index (χ4v) is 1.78. The van der Waals surface area contributed by atoms with Gasteiger partial charge in [-0.25, -0.2) is 4.39 Å². The number of benzene rings is 2. The quantitative estimate of drug-likeness (QED) is 0.830. The van der Waals surface area contributed by atoms with E-state index in [0.29, 0.717) is 23.6 Å². The maximum atomic E-state index is 13.8. The molecule has 0 unspecified atom stereocenters. The van der Waals surface area contributed by atoms with Gasteiger partial charge in [-0.3, -0.25) is 0 Å². The molecular weight excluding hydrogens is 229 g/mol. The van der Waals surface area contributed by atoms with E-state index in [1.807, 2.05) is 31.2 Å². The maximum Gasteiger partial charge on any atom is 0.131 e. The lowest BCUT2D eigenvalue weighted by atomic mass is 10.0. The highest BCUT2D eigenvalue weighted by molar-refractivity contribution is 5.73. The zero-order chi connectivity index (χ0) is 13.0. The molecule has 0 radical (unpaired) electrons. The van der Waals surface area contributed by atoms with E-state index >= 15 is 0 Å². The Hall–Kier alpha value is -2.03. The molecule has 0 fully saturated rings. The van der Waals surface area contributed by atoms with E-state index in [9.17, 15) is 4.39 Å². The Kier molecular flexibility index (Phi) is 3.82. The Balaban J connectivity index is 2.46. The number of hydrogen-bond acceptors (Lipinski definition) is 2. The van der Waals surface area contributed by atoms with Crippen LogP contribution >= 0.6 is 0 Å². The molecule has 0 aliphatic rings. The van der Waals surface area contributed by atoms with Crippen molar-refractivity contribution in [3.8, 4) is 16.9 Å². The van der Waals surface area contributed by atoms with Crippen LogP contribution in [0.5, 0.6) is 5.75 Å². The van der Waals surface area contributed by atoms with Gasteiger partial charge in [0.15, 0.2) is 0 Å². The highest BCUT2D eigenvalue weighted by Gasteiger charge is 2.10. The van der Waals surface area contributed by atoms with E-state index in [4.69, 9.17) is 10.5 Å². The minimum atomic E-state index is -0.295. The maximum absolute atomic E-state index is 13.8. The third kappa shape index (κ3) is 2.62. The van der Waals surface area contributed by atoms with Crippen molar-refractivity contribution in [2.24, 2.45) is 0 Å². The molecule has 2 N–H and O–H groups in total. The van der Waals surface area contributed by atoms with Gasteiger partial charge in [-0.15, -0.1) is 0 Å². The zero-order valence-corrected chi connectivity index (χ0v) is 10.3. The molecule has 3 heteroatoms. The molecule has 2 nitrogen and oxygen atoms in total. The first-order valence-electron chi connectivity index (χ1n) is 5.99. The van der Waals surface area contributed by atoms with Gasteiger partial charge in [0.1, 0.15) is 11.6 Å². The first kappa shape index (κ1) is 12.4. The Morgan fingerprint density at radius 2 is 1.89 bits per heavy atom. The molecule has 2 aromatic carbocycles. The Morgan fingerprint density at radius 1 is 1.11 bits per heavy atom. The van der Waals surface area contributed by atoms with Gasteiger partial charge >= 0.3 is 0 Å². The van der Waals surface area contributed by atoms with Crippen molar-refractivity contribution in [3.63, 3.8) is 0 Å². The fraction of sp³-hybridized carbons (Fsp3) is 0.200. The smallest absolute Gasteiger partial charge is 0.131 e. The van der Waals surface area contributed by atoms with Gasteiger partial charge in [-0.05, 0) is 30.7 Å². The summed E-state index contributed by atoms with van der Waals surface area (Å²) >= 11 is 0. The molecule has 0 atom stereocenters. The highest BCUT2D eigenvalue weighted by Crippen LogP contribution is 2.32. The van der Waals surface area contributed by atoms with E-state index in [1.54, 1.807) is 12.1 Å². The summed E-state index contributed by atoms with van der Waals surface area (Å²) in [4.78, 5) is 0. The van der Waals surface area contributed by atoms with Gasteiger partial charge in [-0.1, -0.05) is 25.1 Å². The summed E-state index contributed by atoms with van der Waals surface area (Å²) < 4.78 is 19.5. The van der Waals surface area contributed by atoms with Gasteiger partial charge < -0.3 is 10.5 Å². The van der Waals surface area contributed by atoms with Crippen molar-refractivity contribution < 1.29 is 9.13 Å². The lowest BCUT2D eigenvalue weighted by Gasteiger charge is -2.12. The first-order valence-corrected chi connectivity index (χ1v) is 5.99. The topological polar surface area (TPSA) is 35.2 Å². The second-order valence-electron chi connectivity index (χ2n) is 4.08. The van der Waals surface area contributed by atoms with Crippen LogP contribution in [0.1, 0.15) is 13.3 Å². The minimum absolute atomic E-state index is 0.295. The van der Waals surface area contributed by atoms with Crippen molar-refractivity contribution in [2.45, 2.75) is 13.3 Å². The highest BCUT2D eigenvalue weighted by atomic mass is 19.1. The molecule has 0 amide bonds. The molecule has 0 spiro atoms. The number of rotatable bonds is 4. The predicted molar refractivity (Wildman–Crippen MR) is 72.0 cm³/mol. The molecule has 0 aliphatic heterocycles. The molecule has 0 bridgehead atoms. The molecule has 0 saturated heterocycles. The van der Waals surface area contributed by atoms with Crippen LogP contribution in [0.25, 0.3) is 11.1 Å². The van der Waals surface area contributed by atoms with Gasteiger partial charge in [-0.2, -0.15) is 0 Å². The molecule has 0 aliphatic carbocycles. The van der Waals surface area contributed by atoms with Gasteiger partial charge in [0.25, 0.3) is 0 Å². The average Bonchev–Trinajstić information content (AvgIpc) is 2.39. The van der Waals surface area contributed by atoms with Crippen molar-refractivity contribution in [2.75, 3.05) is 12.3 Å². The normalized spacial score (nSPS) is 10.3. The van der Waals surface area contributed by atoms with Crippen molar-refractivity contribution in [1.82, 2.24) is 0 Å². The summed E-state index contributed by atoms with van der Waals surface area (Å²) in [6.45, 7) is 2.64. The zero-order valence-electron chi connectivity index (χ0n) is 10.3. The molecule has 0 heterocycles. The molecule has 0 saturated carbocycles. The number of nitrogens with two attached hydrogens (primary N) is 1. The van der Waals surface area contributed by atoms with Crippen LogP contribution in [-0.4, -0.2) is 6.61 Å². The van der Waals surface area contributed by atoms with Crippen LogP contribution in [0.4, 0.5) is 10.1 Å². The predicted octanol–water partition coefficient (Wildman–Crippen LogP) is 3.86. The van der Waals surface area contributed by atoms with Crippen LogP contribution in [0.3, 0.4) is 0 Å². The molecule has 94 valence electrons. The summed E-state index contributed by atoms with van der Waals surface area (Å²) in [5, 5.41) is 0. The summed E-state index contributed by atoms with van der Waals surface area (Å²) in [7, 11) is 0. The summed E-state index contributed by atoms with van der Waals surface area (Å²) in [6.07, 6.45) is 0.910. The van der Waals surface area contributed by atoms with Crippen molar-refractivity contribution in [1.29, 1.82) is 0 Å². The average molecular weight is 245 g/mol. The van der Waals surface area contributed by atoms with Crippen molar-refractivity contribution in [3.05, 3.63) is 48.3 Å². The SMILES string of the molecule is CCCOc1ccccc1-c1cc(N)ccc1F. The first-order chi connectivity index (χ1) is 8.72. The number of para-hydroxylation sites is 1. The Bertz CT molecular complexity index is 540. The third-order valence-corrected chi connectivity index (χ3v) is 2.63. The van der Waals surface area contributed by atoms with Crippen molar-refractivity contribution >= 4 is 5.69 Å². The summed E-state index contributed by atoms with van der Waals surface area (Å²) in [5.74, 6) is 0.389. The molecule has 18 heavy (non-hydrogen) atoms. The minimum Gasteiger partial charge on any atom is -0.493 e. The fourth-order valence-electron chi connectivity index (χ4n) is 1.78. The van der Waals surface area contributed by atoms with Crippen LogP contribution in [0.2, 0.25) is 0 Å². The van der Waals surface area contributed by atoms with Gasteiger partial charge in [0.2, 0.25) is 0 Å². The lowest BCUT2D eigenvalue weighted by molar-refractivity contribution is 0.318. The van der Waals surface area contributed by atoms with E-state index in [-0.39, 0.29) is 5.82 Å². The summed E-state index contributed by atoms with van der Waals surface area (Å²) in [5.41, 5.74) is 7.45. The van der Waals surface area contributed by atoms with Crippen LogP contribution < -0.4 is 10.5 Å². The Morgan fingerprint density at radius 3 is 2.67 bits per heavy atom. The number of halogens is 1. The molecule has 0 aromatic heterocycles. The Labute approximate surface area is 106 Å². The number of ether oxygens (including phenoxy) is 1. The number of anilines is 1. The van der Waals surface area contributed by atoms with E-state index in [0.717, 1.165) is 12.0 Å². The van der Waals surface area contributed by atoms with Crippen LogP contribution in [0.15, 0.2) is 42.5 Å². The molecule has 2 rings (SSSR count). The van der Waals surface area contributed by atoms with E-state index in [1.165, 1.54) is 6.07 Å². The lowest BCUT2D eigenvalue weighted by Crippen LogP contribution is -1.98. The number of nitrogen functional groups attached to an aromatic ring is 1. The van der Waals surface area contributed by atoms with Crippen LogP contribution in [-0.2, 0) is 0 Å². The summed E-state index contributed by atoms with van der Waals surface area (Å²) in [6, 6.07) is 12.0. The standard InChI is InChI=1S/C15H16FNO/c1-2-9-18-15-6-4-3-5-12(15)13-10-11(17)7-8-14(13)16/h3-8,10H,2,9,17H2,1H3. The van der Waals surface area contributed by atoms with E-state index in [2.05, 4.69) is 0 Å². The van der Waals surface area contributed by atoms with Gasteiger partial charge in [0, 0.05) is 16.8 Å². The second kappa shape index (κ2) is 5.54. The third-order valence-electron chi connectivity index (χ3n) is 2.63. The molecule has 2 aromatic rings. The largest absolute Gasteiger partial charge is 0.493 e. The second-order valence-corrected chi connectivity index (χ2v) is 4.08. The molecular formula is C15H16FNO. The van der Waals surface area contributed by atoms with E-state index < -0.39 is 0 Å².